The van der Waals surface area contributed by atoms with Gasteiger partial charge >= 0.3 is 5.97 Å². The molecule has 0 saturated carbocycles. The van der Waals surface area contributed by atoms with E-state index in [1.165, 1.54) is 6.20 Å². The van der Waals surface area contributed by atoms with Crippen molar-refractivity contribution in [3.8, 4) is 0 Å². The van der Waals surface area contributed by atoms with Gasteiger partial charge < -0.3 is 10.4 Å². The van der Waals surface area contributed by atoms with E-state index in [-0.39, 0.29) is 5.56 Å². The summed E-state index contributed by atoms with van der Waals surface area (Å²) < 4.78 is 0.957. The van der Waals surface area contributed by atoms with Crippen LogP contribution in [0.25, 0.3) is 10.8 Å². The van der Waals surface area contributed by atoms with Gasteiger partial charge in [-0.2, -0.15) is 0 Å². The summed E-state index contributed by atoms with van der Waals surface area (Å²) in [5.41, 5.74) is 1.08. The van der Waals surface area contributed by atoms with Crippen molar-refractivity contribution in [1.29, 1.82) is 0 Å². The van der Waals surface area contributed by atoms with Crippen LogP contribution in [0.4, 0.5) is 11.5 Å². The number of halogens is 1. The Morgan fingerprint density at radius 3 is 2.57 bits per heavy atom. The summed E-state index contributed by atoms with van der Waals surface area (Å²) in [7, 11) is 0. The van der Waals surface area contributed by atoms with E-state index in [1.54, 1.807) is 6.07 Å². The lowest BCUT2D eigenvalue weighted by Gasteiger charge is -2.10. The molecule has 0 saturated heterocycles. The fraction of sp³-hybridized carbons (Fsp3) is 0. The van der Waals surface area contributed by atoms with Gasteiger partial charge in [-0.25, -0.2) is 9.78 Å². The van der Waals surface area contributed by atoms with E-state index in [4.69, 9.17) is 0 Å². The molecule has 0 aliphatic carbocycles. The van der Waals surface area contributed by atoms with Crippen molar-refractivity contribution in [3.05, 3.63) is 64.8 Å². The first-order valence-electron chi connectivity index (χ1n) is 6.29. The first-order chi connectivity index (χ1) is 10.1. The maximum Gasteiger partial charge on any atom is 0.337 e. The molecular formula is C16H11BrN2O2. The zero-order chi connectivity index (χ0) is 14.8. The summed E-state index contributed by atoms with van der Waals surface area (Å²) in [6.45, 7) is 0. The Balaban J connectivity index is 2.12. The largest absolute Gasteiger partial charge is 0.478 e. The van der Waals surface area contributed by atoms with Gasteiger partial charge in [0.25, 0.3) is 0 Å². The van der Waals surface area contributed by atoms with Crippen LogP contribution in [0.3, 0.4) is 0 Å². The topological polar surface area (TPSA) is 62.2 Å². The van der Waals surface area contributed by atoms with Crippen molar-refractivity contribution in [2.24, 2.45) is 0 Å². The van der Waals surface area contributed by atoms with E-state index in [2.05, 4.69) is 26.2 Å². The fourth-order valence-electron chi connectivity index (χ4n) is 2.17. The number of aromatic nitrogens is 1. The Morgan fingerprint density at radius 2 is 1.86 bits per heavy atom. The van der Waals surface area contributed by atoms with Crippen molar-refractivity contribution in [1.82, 2.24) is 4.98 Å². The van der Waals surface area contributed by atoms with Crippen LogP contribution in [-0.2, 0) is 0 Å². The SMILES string of the molecule is O=C(O)c1cnc(Nc2cccc(Br)c2)c2ccccc12. The molecule has 4 nitrogen and oxygen atoms in total. The number of nitrogens with one attached hydrogen (secondary N) is 1. The Labute approximate surface area is 129 Å². The average molecular weight is 343 g/mol. The normalized spacial score (nSPS) is 10.5. The molecule has 2 N–H and O–H groups in total. The van der Waals surface area contributed by atoms with Gasteiger partial charge in [-0.1, -0.05) is 46.3 Å². The number of fused-ring (bicyclic) bond motifs is 1. The lowest BCUT2D eigenvalue weighted by Crippen LogP contribution is -2.02. The molecule has 1 aromatic heterocycles. The smallest absolute Gasteiger partial charge is 0.337 e. The highest BCUT2D eigenvalue weighted by Crippen LogP contribution is 2.27. The maximum absolute atomic E-state index is 11.3. The van der Waals surface area contributed by atoms with Crippen LogP contribution in [0, 0.1) is 0 Å². The van der Waals surface area contributed by atoms with Gasteiger partial charge in [0.05, 0.1) is 5.56 Å². The van der Waals surface area contributed by atoms with Crippen LogP contribution in [0.15, 0.2) is 59.2 Å². The molecule has 0 unspecified atom stereocenters. The van der Waals surface area contributed by atoms with Gasteiger partial charge in [0.15, 0.2) is 0 Å². The van der Waals surface area contributed by atoms with E-state index >= 15 is 0 Å². The highest BCUT2D eigenvalue weighted by atomic mass is 79.9. The van der Waals surface area contributed by atoms with Crippen LogP contribution >= 0.6 is 15.9 Å². The molecular weight excluding hydrogens is 332 g/mol. The molecule has 0 atom stereocenters. The van der Waals surface area contributed by atoms with Gasteiger partial charge in [0.2, 0.25) is 0 Å². The second-order valence-electron chi connectivity index (χ2n) is 4.51. The second kappa shape index (κ2) is 5.54. The molecule has 3 aromatic rings. The lowest BCUT2D eigenvalue weighted by atomic mass is 10.1. The third kappa shape index (κ3) is 2.73. The molecule has 2 aromatic carbocycles. The zero-order valence-corrected chi connectivity index (χ0v) is 12.5. The molecule has 21 heavy (non-hydrogen) atoms. The van der Waals surface area contributed by atoms with Gasteiger partial charge in [-0.15, -0.1) is 0 Å². The summed E-state index contributed by atoms with van der Waals surface area (Å²) in [5.74, 6) is -0.346. The van der Waals surface area contributed by atoms with E-state index in [9.17, 15) is 9.90 Å². The van der Waals surface area contributed by atoms with Crippen LogP contribution in [0.2, 0.25) is 0 Å². The number of anilines is 2. The highest BCUT2D eigenvalue weighted by molar-refractivity contribution is 9.10. The van der Waals surface area contributed by atoms with Crippen LogP contribution < -0.4 is 5.32 Å². The van der Waals surface area contributed by atoms with Crippen molar-refractivity contribution >= 4 is 44.2 Å². The monoisotopic (exact) mass is 342 g/mol. The number of hydrogen-bond acceptors (Lipinski definition) is 3. The van der Waals surface area contributed by atoms with Gasteiger partial charge in [-0.3, -0.25) is 0 Å². The number of rotatable bonds is 3. The summed E-state index contributed by atoms with van der Waals surface area (Å²) in [4.78, 5) is 15.5. The highest BCUT2D eigenvalue weighted by Gasteiger charge is 2.12. The molecule has 5 heteroatoms. The predicted molar refractivity (Wildman–Crippen MR) is 86.1 cm³/mol. The molecule has 1 heterocycles. The summed E-state index contributed by atoms with van der Waals surface area (Å²) >= 11 is 3.42. The van der Waals surface area contributed by atoms with E-state index in [0.29, 0.717) is 11.2 Å². The minimum absolute atomic E-state index is 0.199. The molecule has 104 valence electrons. The maximum atomic E-state index is 11.3. The summed E-state index contributed by atoms with van der Waals surface area (Å²) in [5, 5.41) is 13.9. The van der Waals surface area contributed by atoms with Gasteiger partial charge in [0, 0.05) is 27.1 Å². The molecule has 3 rings (SSSR count). The molecule has 0 bridgehead atoms. The quantitative estimate of drug-likeness (QED) is 0.738. The number of hydrogen-bond donors (Lipinski definition) is 2. The lowest BCUT2D eigenvalue weighted by molar-refractivity contribution is 0.0698. The molecule has 0 fully saturated rings. The van der Waals surface area contributed by atoms with Crippen molar-refractivity contribution in [2.45, 2.75) is 0 Å². The Hall–Kier alpha value is -2.40. The average Bonchev–Trinajstić information content (AvgIpc) is 2.47. The van der Waals surface area contributed by atoms with E-state index in [1.807, 2.05) is 42.5 Å². The minimum atomic E-state index is -0.979. The molecule has 0 amide bonds. The van der Waals surface area contributed by atoms with Gasteiger partial charge in [-0.05, 0) is 18.2 Å². The number of carboxylic acid groups (broad SMARTS) is 1. The third-order valence-electron chi connectivity index (χ3n) is 3.11. The van der Waals surface area contributed by atoms with Crippen LogP contribution in [-0.4, -0.2) is 16.1 Å². The zero-order valence-electron chi connectivity index (χ0n) is 10.9. The Bertz CT molecular complexity index is 833. The van der Waals surface area contributed by atoms with Crippen molar-refractivity contribution in [2.75, 3.05) is 5.32 Å². The number of aromatic carboxylic acids is 1. The number of carboxylic acids is 1. The predicted octanol–water partition coefficient (Wildman–Crippen LogP) is 4.44. The number of nitrogens with zero attached hydrogens (tertiary/aromatic N) is 1. The number of carbonyl (C=O) groups is 1. The number of benzene rings is 2. The molecule has 0 radical (unpaired) electrons. The molecule has 0 aliphatic heterocycles. The van der Waals surface area contributed by atoms with Crippen LogP contribution in [0.1, 0.15) is 10.4 Å². The third-order valence-corrected chi connectivity index (χ3v) is 3.61. The first kappa shape index (κ1) is 13.6. The van der Waals surface area contributed by atoms with Gasteiger partial charge in [0.1, 0.15) is 5.82 Å². The number of pyridine rings is 1. The second-order valence-corrected chi connectivity index (χ2v) is 5.42. The first-order valence-corrected chi connectivity index (χ1v) is 7.08. The summed E-state index contributed by atoms with van der Waals surface area (Å²) in [6.07, 6.45) is 1.38. The van der Waals surface area contributed by atoms with E-state index < -0.39 is 5.97 Å². The van der Waals surface area contributed by atoms with Crippen molar-refractivity contribution < 1.29 is 9.90 Å². The Morgan fingerprint density at radius 1 is 1.10 bits per heavy atom. The molecule has 0 spiro atoms. The Kier molecular flexibility index (Phi) is 3.58. The van der Waals surface area contributed by atoms with E-state index in [0.717, 1.165) is 15.5 Å². The molecule has 0 aliphatic rings. The van der Waals surface area contributed by atoms with Crippen LogP contribution in [0.5, 0.6) is 0 Å². The van der Waals surface area contributed by atoms with Crippen molar-refractivity contribution in [3.63, 3.8) is 0 Å². The fourth-order valence-corrected chi connectivity index (χ4v) is 2.56. The summed E-state index contributed by atoms with van der Waals surface area (Å²) in [6, 6.07) is 15.0. The standard InChI is InChI=1S/C16H11BrN2O2/c17-10-4-3-5-11(8-10)19-15-13-7-2-1-6-12(13)14(9-18-15)16(20)21/h1-9H,(H,18,19)(H,20,21). The minimum Gasteiger partial charge on any atom is -0.478 e.